The van der Waals surface area contributed by atoms with Crippen LogP contribution in [0, 0.1) is 11.7 Å². The fourth-order valence-electron chi connectivity index (χ4n) is 4.49. The number of fused-ring (bicyclic) bond motifs is 2. The molecule has 1 unspecified atom stereocenters. The van der Waals surface area contributed by atoms with Crippen LogP contribution in [-0.2, 0) is 9.53 Å². The largest absolute Gasteiger partial charge is 0.357 e. The number of thiazole rings is 1. The number of aromatic nitrogens is 3. The van der Waals surface area contributed by atoms with E-state index in [2.05, 4.69) is 10.3 Å². The number of hydrogen-bond acceptors (Lipinski definition) is 6. The summed E-state index contributed by atoms with van der Waals surface area (Å²) in [6.45, 7) is 0.672. The summed E-state index contributed by atoms with van der Waals surface area (Å²) in [5, 5.41) is 8.59. The van der Waals surface area contributed by atoms with Crippen molar-refractivity contribution in [2.75, 3.05) is 18.2 Å². The summed E-state index contributed by atoms with van der Waals surface area (Å²) >= 11 is 9.16. The van der Waals surface area contributed by atoms with Gasteiger partial charge in [-0.1, -0.05) is 29.0 Å². The number of nitrogens with zero attached hydrogens (tertiary/aromatic N) is 3. The third-order valence-electron chi connectivity index (χ3n) is 6.44. The zero-order valence-electron chi connectivity index (χ0n) is 18.7. The van der Waals surface area contributed by atoms with Gasteiger partial charge in [0.1, 0.15) is 17.9 Å². The maximum Gasteiger partial charge on any atom is 0.232 e. The summed E-state index contributed by atoms with van der Waals surface area (Å²) < 4.78 is 37.1. The molecule has 11 heteroatoms. The number of hydrogen-bond donors (Lipinski definition) is 1. The zero-order valence-corrected chi connectivity index (χ0v) is 21.1. The van der Waals surface area contributed by atoms with Crippen molar-refractivity contribution in [3.05, 3.63) is 35.2 Å². The first-order valence-electron chi connectivity index (χ1n) is 11.4. The number of anilines is 1. The number of halogens is 3. The molecule has 2 aromatic heterocycles. The van der Waals surface area contributed by atoms with Crippen LogP contribution in [0.25, 0.3) is 32.2 Å². The summed E-state index contributed by atoms with van der Waals surface area (Å²) in [4.78, 5) is 16.9. The van der Waals surface area contributed by atoms with E-state index in [9.17, 15) is 9.18 Å². The van der Waals surface area contributed by atoms with Gasteiger partial charge in [-0.25, -0.2) is 18.4 Å². The second kappa shape index (κ2) is 8.99. The van der Waals surface area contributed by atoms with Gasteiger partial charge >= 0.3 is 0 Å². The van der Waals surface area contributed by atoms with Gasteiger partial charge in [-0.2, -0.15) is 5.10 Å². The van der Waals surface area contributed by atoms with Crippen LogP contribution in [0.15, 0.2) is 29.3 Å². The second-order valence-electron chi connectivity index (χ2n) is 8.78. The first-order valence-corrected chi connectivity index (χ1v) is 13.8. The first kappa shape index (κ1) is 23.1. The molecular formula is C24H21ClF2N4O2S2. The molecule has 1 aliphatic carbocycles. The highest BCUT2D eigenvalue weighted by Gasteiger charge is 2.43. The number of thioether (sulfide) groups is 1. The van der Waals surface area contributed by atoms with Crippen molar-refractivity contribution >= 4 is 66.9 Å². The molecule has 6 rings (SSSR count). The molecule has 2 aliphatic rings. The summed E-state index contributed by atoms with van der Waals surface area (Å²) in [6, 6.07) is 5.52. The van der Waals surface area contributed by atoms with Gasteiger partial charge in [0.2, 0.25) is 5.91 Å². The first-order chi connectivity index (χ1) is 16.9. The summed E-state index contributed by atoms with van der Waals surface area (Å²) in [5.74, 6) is -1.44. The van der Waals surface area contributed by atoms with Gasteiger partial charge in [0, 0.05) is 23.8 Å². The third kappa shape index (κ3) is 4.10. The normalized spacial score (nSPS) is 22.1. The molecule has 3 heterocycles. The number of benzene rings is 2. The third-order valence-corrected chi connectivity index (χ3v) is 8.51. The monoisotopic (exact) mass is 534 g/mol. The van der Waals surface area contributed by atoms with Gasteiger partial charge in [-0.05, 0) is 49.6 Å². The summed E-state index contributed by atoms with van der Waals surface area (Å²) in [7, 11) is 0. The van der Waals surface area contributed by atoms with Crippen molar-refractivity contribution in [1.82, 2.24) is 14.8 Å². The molecule has 0 radical (unpaired) electrons. The summed E-state index contributed by atoms with van der Waals surface area (Å²) in [5.41, 5.74) is 2.50. The maximum atomic E-state index is 15.4. The number of nitrogens with one attached hydrogen (secondary N) is 1. The number of alkyl halides is 1. The molecule has 1 N–H and O–H groups in total. The molecule has 2 fully saturated rings. The highest BCUT2D eigenvalue weighted by molar-refractivity contribution is 7.98. The summed E-state index contributed by atoms with van der Waals surface area (Å²) in [6.07, 6.45) is 5.60. The van der Waals surface area contributed by atoms with Crippen LogP contribution in [0.1, 0.15) is 31.9 Å². The fraction of sp³-hybridized carbons (Fsp3) is 0.375. The van der Waals surface area contributed by atoms with E-state index < -0.39 is 17.9 Å². The fourth-order valence-corrected chi connectivity index (χ4v) is 6.38. The number of carbonyl (C=O) groups is 1. The SMILES string of the molecule is CSc1c(F)c(Cl)c(-c2ccc3nc(NC(=O)[C@@H]4C[C@@H]4F)sc3c2)c2cn(C3CCCCO3)nc12. The quantitative estimate of drug-likeness (QED) is 0.284. The van der Waals surface area contributed by atoms with Gasteiger partial charge in [-0.15, -0.1) is 11.8 Å². The number of carbonyl (C=O) groups excluding carboxylic acids is 1. The Morgan fingerprint density at radius 3 is 2.91 bits per heavy atom. The lowest BCUT2D eigenvalue weighted by Crippen LogP contribution is -2.18. The van der Waals surface area contributed by atoms with Crippen LogP contribution in [0.2, 0.25) is 5.02 Å². The molecule has 0 spiro atoms. The van der Waals surface area contributed by atoms with E-state index in [-0.39, 0.29) is 23.6 Å². The second-order valence-corrected chi connectivity index (χ2v) is 11.0. The Balaban J connectivity index is 1.44. The standard InChI is InChI=1S/C24H21ClF2N4O2S2/c1-34-22-20(27)19(25)18(13-10-31(30-21(13)22)17-4-2-3-7-33-17)11-5-6-15-16(8-11)35-24(28-15)29-23(32)12-9-14(12)26/h5-6,8,10,12,14,17H,2-4,7,9H2,1H3,(H,28,29,32)/t12-,14+,17?/m1/s1. The Bertz CT molecular complexity index is 1470. The van der Waals surface area contributed by atoms with E-state index in [1.165, 1.54) is 23.1 Å². The van der Waals surface area contributed by atoms with Gasteiger partial charge in [0.15, 0.2) is 10.9 Å². The van der Waals surface area contributed by atoms with Crippen LogP contribution in [-0.4, -0.2) is 39.7 Å². The minimum Gasteiger partial charge on any atom is -0.357 e. The van der Waals surface area contributed by atoms with Gasteiger partial charge in [0.25, 0.3) is 0 Å². The van der Waals surface area contributed by atoms with E-state index in [0.29, 0.717) is 33.2 Å². The average molecular weight is 535 g/mol. The molecular weight excluding hydrogens is 514 g/mol. The molecule has 35 heavy (non-hydrogen) atoms. The van der Waals surface area contributed by atoms with Crippen molar-refractivity contribution < 1.29 is 18.3 Å². The highest BCUT2D eigenvalue weighted by Crippen LogP contribution is 2.44. The Morgan fingerprint density at radius 1 is 1.37 bits per heavy atom. The lowest BCUT2D eigenvalue weighted by Gasteiger charge is -2.22. The molecule has 3 atom stereocenters. The molecule has 4 aromatic rings. The van der Waals surface area contributed by atoms with Crippen LogP contribution < -0.4 is 5.32 Å². The Labute approximate surface area is 213 Å². The molecule has 1 aliphatic heterocycles. The topological polar surface area (TPSA) is 69.0 Å². The average Bonchev–Trinajstić information content (AvgIpc) is 3.25. The van der Waals surface area contributed by atoms with Crippen molar-refractivity contribution in [2.24, 2.45) is 5.92 Å². The Kier molecular flexibility index (Phi) is 5.95. The molecule has 6 nitrogen and oxygen atoms in total. The Morgan fingerprint density at radius 2 is 2.20 bits per heavy atom. The molecule has 0 bridgehead atoms. The van der Waals surface area contributed by atoms with E-state index in [1.54, 1.807) is 10.9 Å². The highest BCUT2D eigenvalue weighted by atomic mass is 35.5. The van der Waals surface area contributed by atoms with E-state index >= 15 is 4.39 Å². The predicted octanol–water partition coefficient (Wildman–Crippen LogP) is 6.82. The maximum absolute atomic E-state index is 15.4. The molecule has 182 valence electrons. The van der Waals surface area contributed by atoms with E-state index in [1.807, 2.05) is 24.4 Å². The van der Waals surface area contributed by atoms with Crippen molar-refractivity contribution in [3.63, 3.8) is 0 Å². The molecule has 1 saturated carbocycles. The van der Waals surface area contributed by atoms with Crippen molar-refractivity contribution in [1.29, 1.82) is 0 Å². The number of amides is 1. The van der Waals surface area contributed by atoms with Crippen LogP contribution >= 0.6 is 34.7 Å². The molecule has 2 aromatic carbocycles. The van der Waals surface area contributed by atoms with Gasteiger partial charge in [-0.3, -0.25) is 4.79 Å². The molecule has 1 amide bonds. The van der Waals surface area contributed by atoms with Crippen LogP contribution in [0.3, 0.4) is 0 Å². The smallest absolute Gasteiger partial charge is 0.232 e. The minimum atomic E-state index is -1.07. The zero-order chi connectivity index (χ0) is 24.3. The van der Waals surface area contributed by atoms with E-state index in [0.717, 1.165) is 34.9 Å². The number of rotatable bonds is 5. The van der Waals surface area contributed by atoms with Gasteiger partial charge in [0.05, 0.1) is 26.1 Å². The van der Waals surface area contributed by atoms with Gasteiger partial charge < -0.3 is 10.1 Å². The van der Waals surface area contributed by atoms with Crippen LogP contribution in [0.4, 0.5) is 13.9 Å². The van der Waals surface area contributed by atoms with Crippen molar-refractivity contribution in [3.8, 4) is 11.1 Å². The molecule has 1 saturated heterocycles. The predicted molar refractivity (Wildman–Crippen MR) is 136 cm³/mol. The lowest BCUT2D eigenvalue weighted by atomic mass is 10.0. The van der Waals surface area contributed by atoms with Crippen LogP contribution in [0.5, 0.6) is 0 Å². The minimum absolute atomic E-state index is 0.0334. The Hall–Kier alpha value is -2.27. The van der Waals surface area contributed by atoms with E-state index in [4.69, 9.17) is 21.4 Å². The van der Waals surface area contributed by atoms with Crippen molar-refractivity contribution in [2.45, 2.75) is 43.0 Å². The number of ether oxygens (including phenoxy) is 1. The lowest BCUT2D eigenvalue weighted by molar-refractivity contribution is -0.117.